The highest BCUT2D eigenvalue weighted by atomic mass is 19.4. The van der Waals surface area contributed by atoms with E-state index in [2.05, 4.69) is 25.3 Å². The fourth-order valence-electron chi connectivity index (χ4n) is 3.42. The summed E-state index contributed by atoms with van der Waals surface area (Å²) in [6.07, 6.45) is -3.40. The number of H-pyrrole nitrogens is 2. The van der Waals surface area contributed by atoms with Crippen molar-refractivity contribution in [3.63, 3.8) is 0 Å². The average Bonchev–Trinajstić information content (AvgIpc) is 3.13. The van der Waals surface area contributed by atoms with E-state index in [1.165, 1.54) is 12.1 Å². The molecule has 0 bridgehead atoms. The minimum atomic E-state index is -4.38. The second-order valence-electron chi connectivity index (χ2n) is 7.83. The van der Waals surface area contributed by atoms with Gasteiger partial charge in [-0.1, -0.05) is 18.8 Å². The van der Waals surface area contributed by atoms with Crippen LogP contribution in [0.5, 0.6) is 0 Å². The maximum Gasteiger partial charge on any atom is 0.416 e. The van der Waals surface area contributed by atoms with E-state index < -0.39 is 11.7 Å². The summed E-state index contributed by atoms with van der Waals surface area (Å²) in [5.74, 6) is 2.03. The molecule has 0 unspecified atom stereocenters. The van der Waals surface area contributed by atoms with Crippen molar-refractivity contribution in [1.29, 1.82) is 0 Å². The number of halogens is 3. The number of aliphatic hydroxyl groups is 1. The summed E-state index contributed by atoms with van der Waals surface area (Å²) in [4.78, 5) is 17.8. The Kier molecular flexibility index (Phi) is 5.27. The maximum absolute atomic E-state index is 12.8. The molecular formula is C20H24F3N6O+. The molecule has 30 heavy (non-hydrogen) atoms. The lowest BCUT2D eigenvalue weighted by atomic mass is 10.1. The molecule has 0 aliphatic carbocycles. The Bertz CT molecular complexity index is 1020. The molecule has 10 heteroatoms. The van der Waals surface area contributed by atoms with Gasteiger partial charge in [-0.25, -0.2) is 4.98 Å². The van der Waals surface area contributed by atoms with Gasteiger partial charge in [-0.3, -0.25) is 4.90 Å². The van der Waals surface area contributed by atoms with Crippen LogP contribution in [0.1, 0.15) is 44.0 Å². The molecular weight excluding hydrogens is 397 g/mol. The first-order chi connectivity index (χ1) is 14.2. The molecule has 1 aromatic carbocycles. The first-order valence-electron chi connectivity index (χ1n) is 9.91. The maximum atomic E-state index is 12.8. The molecule has 1 aliphatic rings. The van der Waals surface area contributed by atoms with Gasteiger partial charge in [0, 0.05) is 24.4 Å². The van der Waals surface area contributed by atoms with E-state index in [-0.39, 0.29) is 12.0 Å². The van der Waals surface area contributed by atoms with Crippen LogP contribution in [0.4, 0.5) is 30.6 Å². The highest BCUT2D eigenvalue weighted by Crippen LogP contribution is 2.31. The highest BCUT2D eigenvalue weighted by Gasteiger charge is 2.30. The van der Waals surface area contributed by atoms with Crippen LogP contribution in [0.2, 0.25) is 0 Å². The lowest BCUT2D eigenvalue weighted by Crippen LogP contribution is -2.39. The van der Waals surface area contributed by atoms with Crippen molar-refractivity contribution in [2.45, 2.75) is 44.9 Å². The Balaban J connectivity index is 1.71. The van der Waals surface area contributed by atoms with Crippen molar-refractivity contribution >= 4 is 28.6 Å². The van der Waals surface area contributed by atoms with Crippen LogP contribution in [0.25, 0.3) is 11.2 Å². The lowest BCUT2D eigenvalue weighted by Gasteiger charge is -2.25. The SMILES string of the molecule is CC(C)c1nc2[nH+]c(N3CCC(O)CC3)nc(Nc3ccc(C(F)(F)F)cc3)c2[nH]1. The Morgan fingerprint density at radius 3 is 2.43 bits per heavy atom. The van der Waals surface area contributed by atoms with Gasteiger partial charge in [-0.05, 0) is 24.3 Å². The molecule has 0 saturated carbocycles. The van der Waals surface area contributed by atoms with Crippen LogP contribution in [-0.4, -0.2) is 39.3 Å². The zero-order chi connectivity index (χ0) is 21.5. The summed E-state index contributed by atoms with van der Waals surface area (Å²) in [7, 11) is 0. The minimum absolute atomic E-state index is 0.165. The van der Waals surface area contributed by atoms with Crippen LogP contribution in [-0.2, 0) is 6.18 Å². The van der Waals surface area contributed by atoms with Crippen molar-refractivity contribution in [2.75, 3.05) is 23.3 Å². The van der Waals surface area contributed by atoms with Gasteiger partial charge in [0.15, 0.2) is 11.3 Å². The van der Waals surface area contributed by atoms with E-state index in [1.807, 2.05) is 18.7 Å². The number of nitrogens with zero attached hydrogens (tertiary/aromatic N) is 3. The van der Waals surface area contributed by atoms with E-state index in [9.17, 15) is 18.3 Å². The number of nitrogens with one attached hydrogen (secondary N) is 3. The third-order valence-electron chi connectivity index (χ3n) is 5.19. The molecule has 0 amide bonds. The van der Waals surface area contributed by atoms with Gasteiger partial charge in [0.2, 0.25) is 5.82 Å². The predicted molar refractivity (Wildman–Crippen MR) is 107 cm³/mol. The first-order valence-corrected chi connectivity index (χ1v) is 9.91. The molecule has 0 spiro atoms. The molecule has 2 aromatic heterocycles. The van der Waals surface area contributed by atoms with Crippen molar-refractivity contribution in [3.05, 3.63) is 35.7 Å². The van der Waals surface area contributed by atoms with Crippen LogP contribution >= 0.6 is 0 Å². The quantitative estimate of drug-likeness (QED) is 0.599. The summed E-state index contributed by atoms with van der Waals surface area (Å²) < 4.78 is 38.5. The molecule has 160 valence electrons. The summed E-state index contributed by atoms with van der Waals surface area (Å²) in [6.45, 7) is 5.33. The van der Waals surface area contributed by atoms with Gasteiger partial charge < -0.3 is 15.4 Å². The fraction of sp³-hybridized carbons (Fsp3) is 0.450. The summed E-state index contributed by atoms with van der Waals surface area (Å²) >= 11 is 0. The van der Waals surface area contributed by atoms with E-state index in [1.54, 1.807) is 0 Å². The Hall–Kier alpha value is -2.88. The van der Waals surface area contributed by atoms with E-state index in [4.69, 9.17) is 0 Å². The molecule has 7 nitrogen and oxygen atoms in total. The van der Waals surface area contributed by atoms with Crippen molar-refractivity contribution in [3.8, 4) is 0 Å². The third-order valence-corrected chi connectivity index (χ3v) is 5.19. The molecule has 1 saturated heterocycles. The van der Waals surface area contributed by atoms with Crippen molar-refractivity contribution in [1.82, 2.24) is 15.0 Å². The molecule has 4 rings (SSSR count). The smallest absolute Gasteiger partial charge is 0.393 e. The number of aliphatic hydroxyl groups excluding tert-OH is 1. The second-order valence-corrected chi connectivity index (χ2v) is 7.83. The topological polar surface area (TPSA) is 91.2 Å². The zero-order valence-corrected chi connectivity index (χ0v) is 16.7. The fourth-order valence-corrected chi connectivity index (χ4v) is 3.42. The minimum Gasteiger partial charge on any atom is -0.393 e. The largest absolute Gasteiger partial charge is 0.416 e. The number of anilines is 3. The predicted octanol–water partition coefficient (Wildman–Crippen LogP) is 3.62. The summed E-state index contributed by atoms with van der Waals surface area (Å²) in [5, 5.41) is 12.9. The third kappa shape index (κ3) is 4.18. The molecule has 3 heterocycles. The number of hydrogen-bond acceptors (Lipinski definition) is 5. The summed E-state index contributed by atoms with van der Waals surface area (Å²) in [5.41, 5.74) is 1.05. The number of imidazole rings is 1. The van der Waals surface area contributed by atoms with Gasteiger partial charge in [0.25, 0.3) is 5.65 Å². The summed E-state index contributed by atoms with van der Waals surface area (Å²) in [6, 6.07) is 4.83. The zero-order valence-electron chi connectivity index (χ0n) is 16.7. The number of aromatic nitrogens is 4. The Morgan fingerprint density at radius 2 is 1.83 bits per heavy atom. The number of alkyl halides is 3. The van der Waals surface area contributed by atoms with Gasteiger partial charge in [-0.15, -0.1) is 4.98 Å². The normalized spacial score (nSPS) is 15.9. The van der Waals surface area contributed by atoms with Crippen molar-refractivity contribution in [2.24, 2.45) is 0 Å². The molecule has 0 atom stereocenters. The van der Waals surface area contributed by atoms with Crippen LogP contribution < -0.4 is 15.2 Å². The second kappa shape index (κ2) is 7.75. The van der Waals surface area contributed by atoms with Gasteiger partial charge in [0.1, 0.15) is 0 Å². The molecule has 1 aliphatic heterocycles. The van der Waals surface area contributed by atoms with E-state index in [0.29, 0.717) is 54.5 Å². The lowest BCUT2D eigenvalue weighted by molar-refractivity contribution is -0.337. The van der Waals surface area contributed by atoms with Crippen LogP contribution in [0, 0.1) is 0 Å². The van der Waals surface area contributed by atoms with Gasteiger partial charge in [-0.2, -0.15) is 13.2 Å². The Labute approximate surface area is 171 Å². The van der Waals surface area contributed by atoms with Gasteiger partial charge >= 0.3 is 12.1 Å². The van der Waals surface area contributed by atoms with Crippen LogP contribution in [0.15, 0.2) is 24.3 Å². The van der Waals surface area contributed by atoms with Crippen molar-refractivity contribution < 1.29 is 23.3 Å². The first kappa shape index (κ1) is 20.4. The number of rotatable bonds is 4. The molecule has 1 fully saturated rings. The Morgan fingerprint density at radius 1 is 1.17 bits per heavy atom. The molecule has 3 aromatic rings. The van der Waals surface area contributed by atoms with Gasteiger partial charge in [0.05, 0.1) is 24.8 Å². The van der Waals surface area contributed by atoms with Crippen LogP contribution in [0.3, 0.4) is 0 Å². The standard InChI is InChI=1S/C20H23F3N6O/c1-11(2)16-25-15-17(24-13-5-3-12(4-6-13)20(21,22)23)27-19(28-18(15)26-16)29-9-7-14(30)8-10-29/h3-6,11,14,30H,7-10H2,1-2H3,(H2,24,25,26,27,28)/p+1. The van der Waals surface area contributed by atoms with E-state index >= 15 is 0 Å². The highest BCUT2D eigenvalue weighted by molar-refractivity contribution is 5.84. The molecule has 4 N–H and O–H groups in total. The monoisotopic (exact) mass is 421 g/mol. The van der Waals surface area contributed by atoms with E-state index in [0.717, 1.165) is 18.0 Å². The number of hydrogen-bond donors (Lipinski definition) is 3. The number of aromatic amines is 2. The number of fused-ring (bicyclic) bond motifs is 1. The average molecular weight is 421 g/mol. The number of piperidine rings is 1. The number of benzene rings is 1. The molecule has 0 radical (unpaired) electrons.